The number of allylic oxidation sites excluding steroid dienone is 4. The Morgan fingerprint density at radius 1 is 1.13 bits per heavy atom. The standard InChI is InChI=1S/C19H25O3P/c1-18-9-7-13(23(21)22)11-12(18)3-4-14-15-5-6-17(20)19(15,2)10-8-16(14)18/h3,11,14-16H,4-10H2,1-2H3/p+1/t14-,15-,16+,18-,19-/m0/s1. The summed E-state index contributed by atoms with van der Waals surface area (Å²) in [6, 6.07) is 0. The van der Waals surface area contributed by atoms with Crippen LogP contribution in [-0.2, 0) is 9.36 Å². The Morgan fingerprint density at radius 3 is 2.61 bits per heavy atom. The fourth-order valence-corrected chi connectivity index (χ4v) is 6.79. The van der Waals surface area contributed by atoms with Crippen LogP contribution < -0.4 is 0 Å². The van der Waals surface area contributed by atoms with E-state index in [0.717, 1.165) is 44.9 Å². The summed E-state index contributed by atoms with van der Waals surface area (Å²) in [5.74, 6) is 2.28. The minimum atomic E-state index is -2.19. The molecular weight excluding hydrogens is 307 g/mol. The average Bonchev–Trinajstić information content (AvgIpc) is 2.82. The molecule has 0 radical (unpaired) electrons. The quantitative estimate of drug-likeness (QED) is 0.705. The van der Waals surface area contributed by atoms with Gasteiger partial charge in [-0.2, -0.15) is 4.89 Å². The maximum absolute atomic E-state index is 12.4. The van der Waals surface area contributed by atoms with E-state index in [4.69, 9.17) is 0 Å². The van der Waals surface area contributed by atoms with Gasteiger partial charge in [-0.15, -0.1) is 0 Å². The Balaban J connectivity index is 1.71. The molecule has 0 amide bonds. The number of Topliss-reactive ketones (excluding diaryl/α,β-unsaturated/α-hetero) is 1. The Kier molecular flexibility index (Phi) is 3.49. The van der Waals surface area contributed by atoms with Gasteiger partial charge in [0.1, 0.15) is 5.78 Å². The first kappa shape index (κ1) is 15.7. The van der Waals surface area contributed by atoms with Crippen molar-refractivity contribution in [1.29, 1.82) is 0 Å². The SMILES string of the molecule is C[C@]12CCC([P+](=O)O)=CC1=CC[C@@H]1[C@H]2CC[C@]2(C)C(=O)CC[C@@H]12. The lowest BCUT2D eigenvalue weighted by Gasteiger charge is -2.55. The molecular formula is C19H26O3P+. The van der Waals surface area contributed by atoms with Gasteiger partial charge >= 0.3 is 8.03 Å². The Bertz CT molecular complexity index is 649. The van der Waals surface area contributed by atoms with Crippen LogP contribution in [0.4, 0.5) is 0 Å². The fraction of sp³-hybridized carbons (Fsp3) is 0.737. The van der Waals surface area contributed by atoms with Gasteiger partial charge < -0.3 is 0 Å². The van der Waals surface area contributed by atoms with Gasteiger partial charge in [-0.05, 0) is 71.5 Å². The van der Waals surface area contributed by atoms with Gasteiger partial charge in [0, 0.05) is 18.3 Å². The lowest BCUT2D eigenvalue weighted by atomic mass is 9.49. The van der Waals surface area contributed by atoms with Crippen LogP contribution in [0.15, 0.2) is 23.0 Å². The minimum Gasteiger partial charge on any atom is -0.299 e. The third-order valence-electron chi connectivity index (χ3n) is 7.70. The van der Waals surface area contributed by atoms with Gasteiger partial charge in [0.15, 0.2) is 0 Å². The van der Waals surface area contributed by atoms with Crippen LogP contribution in [0.3, 0.4) is 0 Å². The largest absolute Gasteiger partial charge is 0.541 e. The van der Waals surface area contributed by atoms with Gasteiger partial charge in [-0.25, -0.2) is 0 Å². The van der Waals surface area contributed by atoms with Crippen molar-refractivity contribution in [2.75, 3.05) is 0 Å². The zero-order valence-corrected chi connectivity index (χ0v) is 14.9. The second-order valence-corrected chi connectivity index (χ2v) is 9.64. The first-order valence-corrected chi connectivity index (χ1v) is 10.2. The van der Waals surface area contributed by atoms with Crippen LogP contribution in [0.1, 0.15) is 58.8 Å². The summed E-state index contributed by atoms with van der Waals surface area (Å²) < 4.78 is 11.5. The third-order valence-corrected chi connectivity index (χ3v) is 8.55. The van der Waals surface area contributed by atoms with E-state index in [0.29, 0.717) is 28.9 Å². The summed E-state index contributed by atoms with van der Waals surface area (Å²) in [5.41, 5.74) is 1.34. The lowest BCUT2D eigenvalue weighted by molar-refractivity contribution is -0.131. The Morgan fingerprint density at radius 2 is 1.87 bits per heavy atom. The van der Waals surface area contributed by atoms with Gasteiger partial charge in [0.2, 0.25) is 5.31 Å². The molecule has 0 spiro atoms. The maximum atomic E-state index is 12.4. The molecule has 0 aromatic rings. The highest BCUT2D eigenvalue weighted by Gasteiger charge is 2.58. The van der Waals surface area contributed by atoms with Crippen LogP contribution in [0.5, 0.6) is 0 Å². The molecule has 6 atom stereocenters. The molecule has 0 saturated heterocycles. The molecule has 3 nitrogen and oxygen atoms in total. The predicted molar refractivity (Wildman–Crippen MR) is 90.0 cm³/mol. The van der Waals surface area contributed by atoms with Crippen LogP contribution in [0.2, 0.25) is 0 Å². The van der Waals surface area contributed by atoms with Gasteiger partial charge in [-0.1, -0.05) is 19.9 Å². The molecule has 4 rings (SSSR count). The average molecular weight is 333 g/mol. The summed E-state index contributed by atoms with van der Waals surface area (Å²) in [4.78, 5) is 21.8. The number of hydrogen-bond acceptors (Lipinski definition) is 2. The summed E-state index contributed by atoms with van der Waals surface area (Å²) in [6.45, 7) is 4.56. The molecule has 23 heavy (non-hydrogen) atoms. The molecule has 0 heterocycles. The number of hydrogen-bond donors (Lipinski definition) is 1. The molecule has 4 aliphatic carbocycles. The van der Waals surface area contributed by atoms with Crippen molar-refractivity contribution in [1.82, 2.24) is 0 Å². The summed E-state index contributed by atoms with van der Waals surface area (Å²) in [5, 5.41) is 0.707. The van der Waals surface area contributed by atoms with E-state index in [9.17, 15) is 14.3 Å². The van der Waals surface area contributed by atoms with Gasteiger partial charge in [0.25, 0.3) is 0 Å². The van der Waals surface area contributed by atoms with Crippen molar-refractivity contribution in [3.05, 3.63) is 23.0 Å². The van der Waals surface area contributed by atoms with Crippen molar-refractivity contribution in [3.63, 3.8) is 0 Å². The molecule has 0 bridgehead atoms. The van der Waals surface area contributed by atoms with Crippen LogP contribution >= 0.6 is 8.03 Å². The zero-order valence-electron chi connectivity index (χ0n) is 14.0. The smallest absolute Gasteiger partial charge is 0.299 e. The number of rotatable bonds is 1. The summed E-state index contributed by atoms with van der Waals surface area (Å²) >= 11 is 0. The van der Waals surface area contributed by atoms with Crippen molar-refractivity contribution < 1.29 is 14.3 Å². The first-order chi connectivity index (χ1) is 10.9. The highest BCUT2D eigenvalue weighted by Crippen LogP contribution is 2.64. The van der Waals surface area contributed by atoms with E-state index < -0.39 is 8.03 Å². The van der Waals surface area contributed by atoms with E-state index >= 15 is 0 Å². The van der Waals surface area contributed by atoms with E-state index in [1.807, 2.05) is 6.08 Å². The maximum Gasteiger partial charge on any atom is 0.541 e. The summed E-state index contributed by atoms with van der Waals surface area (Å²) in [6.07, 6.45) is 11.1. The van der Waals surface area contributed by atoms with E-state index in [2.05, 4.69) is 19.9 Å². The second-order valence-electron chi connectivity index (χ2n) is 8.52. The molecule has 0 aromatic carbocycles. The fourth-order valence-electron chi connectivity index (χ4n) is 6.23. The van der Waals surface area contributed by atoms with E-state index in [-0.39, 0.29) is 10.8 Å². The molecule has 1 unspecified atom stereocenters. The number of carbonyl (C=O) groups is 1. The van der Waals surface area contributed by atoms with E-state index in [1.54, 1.807) is 0 Å². The topological polar surface area (TPSA) is 54.4 Å². The van der Waals surface area contributed by atoms with E-state index in [1.165, 1.54) is 5.57 Å². The van der Waals surface area contributed by atoms with Crippen LogP contribution in [-0.4, -0.2) is 10.7 Å². The molecule has 1 N–H and O–H groups in total. The molecule has 4 heteroatoms. The minimum absolute atomic E-state index is 0.0764. The predicted octanol–water partition coefficient (Wildman–Crippen LogP) is 4.75. The monoisotopic (exact) mass is 333 g/mol. The number of carbonyl (C=O) groups excluding carboxylic acids is 1. The third kappa shape index (κ3) is 2.09. The van der Waals surface area contributed by atoms with Crippen LogP contribution in [0, 0.1) is 28.6 Å². The molecule has 2 saturated carbocycles. The molecule has 2 fully saturated rings. The zero-order chi connectivity index (χ0) is 16.4. The summed E-state index contributed by atoms with van der Waals surface area (Å²) in [7, 11) is -2.19. The lowest BCUT2D eigenvalue weighted by Crippen LogP contribution is -2.49. The Labute approximate surface area is 139 Å². The Hall–Kier alpha value is -0.790. The highest BCUT2D eigenvalue weighted by atomic mass is 31.1. The molecule has 124 valence electrons. The van der Waals surface area contributed by atoms with Gasteiger partial charge in [-0.3, -0.25) is 4.79 Å². The molecule has 0 aliphatic heterocycles. The number of fused-ring (bicyclic) bond motifs is 5. The van der Waals surface area contributed by atoms with Crippen LogP contribution in [0.25, 0.3) is 0 Å². The van der Waals surface area contributed by atoms with Gasteiger partial charge in [0.05, 0.1) is 0 Å². The van der Waals surface area contributed by atoms with Crippen molar-refractivity contribution >= 4 is 13.8 Å². The van der Waals surface area contributed by atoms with Crippen molar-refractivity contribution in [2.45, 2.75) is 58.8 Å². The molecule has 4 aliphatic rings. The number of ketones is 1. The van der Waals surface area contributed by atoms with Crippen molar-refractivity contribution in [2.24, 2.45) is 28.6 Å². The first-order valence-electron chi connectivity index (χ1n) is 8.97. The second kappa shape index (κ2) is 5.10. The van der Waals surface area contributed by atoms with Crippen molar-refractivity contribution in [3.8, 4) is 0 Å². The molecule has 0 aromatic heterocycles. The highest BCUT2D eigenvalue weighted by molar-refractivity contribution is 7.43. The normalized spacial score (nSPS) is 46.3.